The van der Waals surface area contributed by atoms with Crippen LogP contribution in [0.4, 0.5) is 13.2 Å². The van der Waals surface area contributed by atoms with Crippen molar-refractivity contribution in [1.29, 1.82) is 0 Å². The number of H-pyrrole nitrogens is 1. The summed E-state index contributed by atoms with van der Waals surface area (Å²) >= 11 is 0. The number of nitrogens with one attached hydrogen (secondary N) is 1. The van der Waals surface area contributed by atoms with Crippen LogP contribution in [0.1, 0.15) is 34.6 Å². The first-order chi connectivity index (χ1) is 7.47. The molecule has 16 heavy (non-hydrogen) atoms. The number of carbonyl (C=O) groups excluding carboxylic acids is 1. The van der Waals surface area contributed by atoms with Gasteiger partial charge in [-0.2, -0.15) is 0 Å². The van der Waals surface area contributed by atoms with Gasteiger partial charge in [0.25, 0.3) is 5.92 Å². The zero-order valence-corrected chi connectivity index (χ0v) is 8.57. The maximum Gasteiger partial charge on any atom is 0.357 e. The van der Waals surface area contributed by atoms with Crippen molar-refractivity contribution in [2.24, 2.45) is 0 Å². The van der Waals surface area contributed by atoms with Gasteiger partial charge in [0, 0.05) is 12.1 Å². The van der Waals surface area contributed by atoms with E-state index in [1.807, 2.05) is 0 Å². The van der Waals surface area contributed by atoms with Crippen molar-refractivity contribution < 1.29 is 22.7 Å². The van der Waals surface area contributed by atoms with Crippen LogP contribution in [0.3, 0.4) is 0 Å². The maximum atomic E-state index is 13.6. The van der Waals surface area contributed by atoms with Gasteiger partial charge in [0.1, 0.15) is 0 Å². The van der Waals surface area contributed by atoms with Crippen LogP contribution in [0.15, 0.2) is 0 Å². The lowest BCUT2D eigenvalue weighted by Gasteiger charge is -2.21. The summed E-state index contributed by atoms with van der Waals surface area (Å²) < 4.78 is 44.8. The number of ether oxygens (including phenoxy) is 1. The number of fused-ring (bicyclic) bond motifs is 1. The van der Waals surface area contributed by atoms with Gasteiger partial charge < -0.3 is 9.72 Å². The highest BCUT2D eigenvalue weighted by molar-refractivity contribution is 5.88. The average molecular weight is 233 g/mol. The summed E-state index contributed by atoms with van der Waals surface area (Å²) in [5, 5.41) is 0. The Morgan fingerprint density at radius 1 is 1.50 bits per heavy atom. The van der Waals surface area contributed by atoms with E-state index in [0.717, 1.165) is 7.11 Å². The van der Waals surface area contributed by atoms with Crippen molar-refractivity contribution in [1.82, 2.24) is 4.98 Å². The van der Waals surface area contributed by atoms with Gasteiger partial charge in [0.05, 0.1) is 12.7 Å². The third-order valence-electron chi connectivity index (χ3n) is 2.69. The fraction of sp³-hybridized carbons (Fsp3) is 0.500. The number of alkyl halides is 2. The Balaban J connectivity index is 2.55. The first kappa shape index (κ1) is 11.0. The fourth-order valence-electron chi connectivity index (χ4n) is 1.95. The quantitative estimate of drug-likeness (QED) is 0.756. The molecule has 6 heteroatoms. The lowest BCUT2D eigenvalue weighted by Crippen LogP contribution is -2.21. The van der Waals surface area contributed by atoms with E-state index >= 15 is 0 Å². The van der Waals surface area contributed by atoms with Gasteiger partial charge in [-0.15, -0.1) is 0 Å². The second-order valence-electron chi connectivity index (χ2n) is 3.72. The maximum absolute atomic E-state index is 13.6. The molecule has 0 spiro atoms. The molecule has 0 amide bonds. The van der Waals surface area contributed by atoms with Crippen LogP contribution in [0.5, 0.6) is 0 Å². The van der Waals surface area contributed by atoms with E-state index in [0.29, 0.717) is 6.42 Å². The van der Waals surface area contributed by atoms with Gasteiger partial charge >= 0.3 is 5.97 Å². The number of rotatable bonds is 1. The van der Waals surface area contributed by atoms with Crippen LogP contribution >= 0.6 is 0 Å². The van der Waals surface area contributed by atoms with E-state index in [9.17, 15) is 18.0 Å². The summed E-state index contributed by atoms with van der Waals surface area (Å²) in [4.78, 5) is 13.5. The lowest BCUT2D eigenvalue weighted by atomic mass is 9.94. The van der Waals surface area contributed by atoms with Gasteiger partial charge in [-0.1, -0.05) is 0 Å². The van der Waals surface area contributed by atoms with Gasteiger partial charge in [0.2, 0.25) is 0 Å². The Bertz CT molecular complexity index is 440. The number of aromatic amines is 1. The summed E-state index contributed by atoms with van der Waals surface area (Å²) in [6.07, 6.45) is 0.189. The Hall–Kier alpha value is -1.46. The topological polar surface area (TPSA) is 42.1 Å². The molecule has 1 aromatic rings. The molecule has 1 aromatic heterocycles. The molecule has 3 nitrogen and oxygen atoms in total. The predicted octanol–water partition coefficient (Wildman–Crippen LogP) is 2.37. The molecule has 0 atom stereocenters. The molecule has 88 valence electrons. The Labute approximate surface area is 89.6 Å². The molecule has 0 saturated heterocycles. The molecular weight excluding hydrogens is 223 g/mol. The molecule has 1 aliphatic carbocycles. The molecule has 0 saturated carbocycles. The molecule has 1 aliphatic rings. The lowest BCUT2D eigenvalue weighted by molar-refractivity contribution is -0.0248. The normalized spacial score (nSPS) is 18.0. The van der Waals surface area contributed by atoms with Crippen LogP contribution in [-0.2, 0) is 17.1 Å². The van der Waals surface area contributed by atoms with Crippen molar-refractivity contribution >= 4 is 5.97 Å². The molecule has 1 heterocycles. The van der Waals surface area contributed by atoms with E-state index in [2.05, 4.69) is 9.72 Å². The van der Waals surface area contributed by atoms with Crippen LogP contribution in [0.2, 0.25) is 0 Å². The summed E-state index contributed by atoms with van der Waals surface area (Å²) in [7, 11) is 1.07. The molecule has 0 aromatic carbocycles. The van der Waals surface area contributed by atoms with Crippen molar-refractivity contribution in [3.8, 4) is 0 Å². The standard InChI is InChI=1S/C10H10F3NO2/c1-16-9(15)8-7(11)6-5(14-8)3-2-4-10(6,12)13/h14H,2-4H2,1H3. The van der Waals surface area contributed by atoms with E-state index in [1.54, 1.807) is 0 Å². The van der Waals surface area contributed by atoms with E-state index in [4.69, 9.17) is 0 Å². The van der Waals surface area contributed by atoms with Crippen LogP contribution < -0.4 is 0 Å². The molecule has 0 bridgehead atoms. The highest BCUT2D eigenvalue weighted by atomic mass is 19.3. The monoisotopic (exact) mass is 233 g/mol. The number of halogens is 3. The van der Waals surface area contributed by atoms with Crippen molar-refractivity contribution in [3.63, 3.8) is 0 Å². The molecule has 1 N–H and O–H groups in total. The smallest absolute Gasteiger partial charge is 0.357 e. The second-order valence-corrected chi connectivity index (χ2v) is 3.72. The summed E-state index contributed by atoms with van der Waals surface area (Å²) in [6.45, 7) is 0. The van der Waals surface area contributed by atoms with Gasteiger partial charge in [-0.05, 0) is 12.8 Å². The van der Waals surface area contributed by atoms with Crippen molar-refractivity contribution in [2.45, 2.75) is 25.2 Å². The first-order valence-electron chi connectivity index (χ1n) is 4.84. The Kier molecular flexibility index (Phi) is 2.44. The highest BCUT2D eigenvalue weighted by Gasteiger charge is 2.42. The van der Waals surface area contributed by atoms with E-state index in [-0.39, 0.29) is 12.1 Å². The van der Waals surface area contributed by atoms with Crippen LogP contribution in [0, 0.1) is 5.82 Å². The zero-order valence-electron chi connectivity index (χ0n) is 8.57. The van der Waals surface area contributed by atoms with Gasteiger partial charge in [-0.3, -0.25) is 0 Å². The van der Waals surface area contributed by atoms with Gasteiger partial charge in [-0.25, -0.2) is 18.0 Å². The minimum absolute atomic E-state index is 0.0918. The number of aromatic nitrogens is 1. The molecule has 2 rings (SSSR count). The Morgan fingerprint density at radius 2 is 2.19 bits per heavy atom. The highest BCUT2D eigenvalue weighted by Crippen LogP contribution is 2.42. The molecule has 0 unspecified atom stereocenters. The summed E-state index contributed by atoms with van der Waals surface area (Å²) in [6, 6.07) is 0. The first-order valence-corrected chi connectivity index (χ1v) is 4.84. The SMILES string of the molecule is COC(=O)c1[nH]c2c(c1F)C(F)(F)CCC2. The fourth-order valence-corrected chi connectivity index (χ4v) is 1.95. The van der Waals surface area contributed by atoms with Crippen LogP contribution in [-0.4, -0.2) is 18.1 Å². The largest absolute Gasteiger partial charge is 0.464 e. The molecular formula is C10H10F3NO2. The number of carbonyl (C=O) groups is 1. The zero-order chi connectivity index (χ0) is 11.9. The summed E-state index contributed by atoms with van der Waals surface area (Å²) in [5.41, 5.74) is -1.11. The number of methoxy groups -OCH3 is 1. The van der Waals surface area contributed by atoms with E-state index in [1.165, 1.54) is 0 Å². The number of hydrogen-bond acceptors (Lipinski definition) is 2. The number of hydrogen-bond donors (Lipinski definition) is 1. The van der Waals surface area contributed by atoms with E-state index < -0.39 is 35.4 Å². The van der Waals surface area contributed by atoms with Crippen molar-refractivity contribution in [3.05, 3.63) is 22.8 Å². The molecule has 0 aliphatic heterocycles. The molecule has 0 fully saturated rings. The average Bonchev–Trinajstić information content (AvgIpc) is 2.55. The number of esters is 1. The third kappa shape index (κ3) is 1.48. The summed E-state index contributed by atoms with van der Waals surface area (Å²) in [5.74, 6) is -5.37. The minimum atomic E-state index is -3.21. The molecule has 0 radical (unpaired) electrons. The van der Waals surface area contributed by atoms with Gasteiger partial charge in [0.15, 0.2) is 11.5 Å². The predicted molar refractivity (Wildman–Crippen MR) is 48.9 cm³/mol. The Morgan fingerprint density at radius 3 is 2.75 bits per heavy atom. The van der Waals surface area contributed by atoms with Crippen LogP contribution in [0.25, 0.3) is 0 Å². The number of aryl methyl sites for hydroxylation is 1. The van der Waals surface area contributed by atoms with Crippen molar-refractivity contribution in [2.75, 3.05) is 7.11 Å². The second kappa shape index (κ2) is 3.54. The minimum Gasteiger partial charge on any atom is -0.464 e. The third-order valence-corrected chi connectivity index (χ3v) is 2.69.